The number of hydrogen-bond donors (Lipinski definition) is 3. The van der Waals surface area contributed by atoms with Gasteiger partial charge in [0.2, 0.25) is 11.7 Å². The first kappa shape index (κ1) is 30.7. The van der Waals surface area contributed by atoms with Crippen LogP contribution < -0.4 is 15.4 Å². The number of nitro groups is 1. The molecule has 12 heteroatoms. The lowest BCUT2D eigenvalue weighted by Crippen LogP contribution is -2.46. The topological polar surface area (TPSA) is 157 Å². The number of carbonyl (C=O) groups excluding carboxylic acids is 2. The average Bonchev–Trinajstić information content (AvgIpc) is 2.87. The van der Waals surface area contributed by atoms with Crippen molar-refractivity contribution in [2.75, 3.05) is 6.54 Å². The fourth-order valence-electron chi connectivity index (χ4n) is 4.44. The fourth-order valence-corrected chi connectivity index (χ4v) is 4.60. The number of nitro benzene ring substituents is 1. The zero-order valence-corrected chi connectivity index (χ0v) is 23.4. The molecule has 0 radical (unpaired) electrons. The first-order valence-corrected chi connectivity index (χ1v) is 13.4. The lowest BCUT2D eigenvalue weighted by atomic mass is 9.81. The Bertz CT molecular complexity index is 1220. The van der Waals surface area contributed by atoms with Gasteiger partial charge in [0.1, 0.15) is 17.4 Å². The maximum absolute atomic E-state index is 12.9. The molecule has 1 atom stereocenters. The van der Waals surface area contributed by atoms with Gasteiger partial charge in [-0.05, 0) is 76.1 Å². The molecule has 0 spiro atoms. The van der Waals surface area contributed by atoms with Crippen molar-refractivity contribution in [1.82, 2.24) is 10.6 Å². The third-order valence-electron chi connectivity index (χ3n) is 6.48. The van der Waals surface area contributed by atoms with Crippen LogP contribution in [0.3, 0.4) is 0 Å². The van der Waals surface area contributed by atoms with Crippen molar-refractivity contribution in [2.45, 2.75) is 64.5 Å². The van der Waals surface area contributed by atoms with Crippen molar-refractivity contribution >= 4 is 35.3 Å². The van der Waals surface area contributed by atoms with Crippen LogP contribution in [0.5, 0.6) is 11.5 Å². The highest BCUT2D eigenvalue weighted by molar-refractivity contribution is 6.30. The predicted molar refractivity (Wildman–Crippen MR) is 148 cm³/mol. The molecule has 0 aromatic heterocycles. The van der Waals surface area contributed by atoms with Gasteiger partial charge in [0.15, 0.2) is 0 Å². The molecule has 0 unspecified atom stereocenters. The number of carbonyl (C=O) groups is 3. The molecule has 40 heavy (non-hydrogen) atoms. The van der Waals surface area contributed by atoms with E-state index in [0.29, 0.717) is 30.7 Å². The number of amides is 2. The SMILES string of the molecule is CC(C)(C)OC(=O)NCC1CCC(C(=O)N[C@@H](Cc2ccc(Oc3cc(Cl)ccc3[N+](=O)[O-])cc2)C(=O)O)CC1. The molecule has 2 aromatic rings. The van der Waals surface area contributed by atoms with E-state index in [-0.39, 0.29) is 40.6 Å². The second-order valence-electron chi connectivity index (χ2n) is 10.8. The summed E-state index contributed by atoms with van der Waals surface area (Å²) in [5, 5.41) is 26.7. The number of hydrogen-bond acceptors (Lipinski definition) is 7. The first-order valence-electron chi connectivity index (χ1n) is 13.0. The van der Waals surface area contributed by atoms with Gasteiger partial charge in [0.25, 0.3) is 0 Å². The van der Waals surface area contributed by atoms with Gasteiger partial charge in [-0.2, -0.15) is 0 Å². The predicted octanol–water partition coefficient (Wildman–Crippen LogP) is 5.48. The number of halogens is 1. The van der Waals surface area contributed by atoms with Gasteiger partial charge < -0.3 is 25.2 Å². The van der Waals surface area contributed by atoms with Crippen LogP contribution in [0.2, 0.25) is 5.02 Å². The molecule has 2 amide bonds. The molecular weight excluding hydrogens is 542 g/mol. The number of rotatable bonds is 10. The van der Waals surface area contributed by atoms with Crippen molar-refractivity contribution in [3.8, 4) is 11.5 Å². The monoisotopic (exact) mass is 575 g/mol. The average molecular weight is 576 g/mol. The molecule has 2 aromatic carbocycles. The molecule has 1 aliphatic rings. The zero-order chi connectivity index (χ0) is 29.4. The first-order chi connectivity index (χ1) is 18.8. The highest BCUT2D eigenvalue weighted by atomic mass is 35.5. The number of carboxylic acids is 1. The second-order valence-corrected chi connectivity index (χ2v) is 11.3. The van der Waals surface area contributed by atoms with Crippen LogP contribution in [0.1, 0.15) is 52.0 Å². The van der Waals surface area contributed by atoms with E-state index in [9.17, 15) is 29.6 Å². The van der Waals surface area contributed by atoms with Gasteiger partial charge in [-0.25, -0.2) is 9.59 Å². The Morgan fingerprint density at radius 2 is 1.75 bits per heavy atom. The number of alkyl carbamates (subject to hydrolysis) is 1. The van der Waals surface area contributed by atoms with Crippen LogP contribution in [0.15, 0.2) is 42.5 Å². The van der Waals surface area contributed by atoms with Gasteiger partial charge in [-0.1, -0.05) is 23.7 Å². The number of ether oxygens (including phenoxy) is 2. The van der Waals surface area contributed by atoms with E-state index in [2.05, 4.69) is 10.6 Å². The van der Waals surface area contributed by atoms with Crippen molar-refractivity contribution in [2.24, 2.45) is 11.8 Å². The summed E-state index contributed by atoms with van der Waals surface area (Å²) in [4.78, 5) is 47.3. The Morgan fingerprint density at radius 3 is 2.33 bits per heavy atom. The molecule has 0 saturated heterocycles. The number of benzene rings is 2. The Balaban J connectivity index is 1.51. The van der Waals surface area contributed by atoms with E-state index >= 15 is 0 Å². The molecule has 1 saturated carbocycles. The highest BCUT2D eigenvalue weighted by Crippen LogP contribution is 2.34. The summed E-state index contributed by atoms with van der Waals surface area (Å²) in [6.45, 7) is 5.85. The quantitative estimate of drug-likeness (QED) is 0.248. The summed E-state index contributed by atoms with van der Waals surface area (Å²) in [5.41, 5.74) is -0.177. The molecule has 216 valence electrons. The third-order valence-corrected chi connectivity index (χ3v) is 6.71. The van der Waals surface area contributed by atoms with Crippen LogP contribution in [0.4, 0.5) is 10.5 Å². The minimum atomic E-state index is -1.15. The van der Waals surface area contributed by atoms with Gasteiger partial charge in [0.05, 0.1) is 4.92 Å². The number of nitrogens with zero attached hydrogens (tertiary/aromatic N) is 1. The highest BCUT2D eigenvalue weighted by Gasteiger charge is 2.30. The van der Waals surface area contributed by atoms with Crippen molar-refractivity contribution in [1.29, 1.82) is 0 Å². The Labute approximate surface area is 237 Å². The van der Waals surface area contributed by atoms with Crippen LogP contribution in [-0.2, 0) is 20.7 Å². The van der Waals surface area contributed by atoms with Crippen molar-refractivity contribution in [3.63, 3.8) is 0 Å². The lowest BCUT2D eigenvalue weighted by Gasteiger charge is -2.29. The standard InChI is InChI=1S/C28H34ClN3O8/c1-28(2,3)40-27(36)30-16-18-4-8-19(9-5-18)25(33)31-22(26(34)35)14-17-6-11-21(12-7-17)39-24-15-20(29)10-13-23(24)32(37)38/h6-7,10-13,15,18-19,22H,4-5,8-9,14,16H2,1-3H3,(H,30,36)(H,31,33)(H,34,35)/t18?,19?,22-/m0/s1. The fraction of sp³-hybridized carbons (Fsp3) is 0.464. The van der Waals surface area contributed by atoms with E-state index < -0.39 is 28.6 Å². The smallest absolute Gasteiger partial charge is 0.407 e. The summed E-state index contributed by atoms with van der Waals surface area (Å²) in [5.74, 6) is -1.25. The Hall–Kier alpha value is -3.86. The van der Waals surface area contributed by atoms with Gasteiger partial charge in [-0.3, -0.25) is 14.9 Å². The number of aliphatic carboxylic acids is 1. The molecule has 3 rings (SSSR count). The minimum Gasteiger partial charge on any atom is -0.480 e. The van der Waals surface area contributed by atoms with Gasteiger partial charge in [0, 0.05) is 36.0 Å². The van der Waals surface area contributed by atoms with E-state index in [4.69, 9.17) is 21.1 Å². The molecule has 3 N–H and O–H groups in total. The second kappa shape index (κ2) is 13.5. The van der Waals surface area contributed by atoms with Crippen molar-refractivity contribution < 1.29 is 33.9 Å². The van der Waals surface area contributed by atoms with Crippen LogP contribution >= 0.6 is 11.6 Å². The van der Waals surface area contributed by atoms with E-state index in [1.54, 1.807) is 45.0 Å². The van der Waals surface area contributed by atoms with Crippen molar-refractivity contribution in [3.05, 3.63) is 63.2 Å². The molecule has 11 nitrogen and oxygen atoms in total. The van der Waals surface area contributed by atoms with Crippen LogP contribution in [0, 0.1) is 22.0 Å². The summed E-state index contributed by atoms with van der Waals surface area (Å²) in [6.07, 6.45) is 2.24. The van der Waals surface area contributed by atoms with Crippen LogP contribution in [0.25, 0.3) is 0 Å². The zero-order valence-electron chi connectivity index (χ0n) is 22.6. The number of carboxylic acid groups (broad SMARTS) is 1. The molecule has 0 bridgehead atoms. The van der Waals surface area contributed by atoms with E-state index in [1.165, 1.54) is 18.2 Å². The Morgan fingerprint density at radius 1 is 1.10 bits per heavy atom. The Kier molecular flexibility index (Phi) is 10.3. The van der Waals surface area contributed by atoms with E-state index in [0.717, 1.165) is 12.8 Å². The molecular formula is C28H34ClN3O8. The summed E-state index contributed by atoms with van der Waals surface area (Å²) in [6, 6.07) is 9.26. The lowest BCUT2D eigenvalue weighted by molar-refractivity contribution is -0.385. The third kappa shape index (κ3) is 9.41. The maximum Gasteiger partial charge on any atom is 0.407 e. The molecule has 0 heterocycles. The number of nitrogens with one attached hydrogen (secondary N) is 2. The molecule has 1 fully saturated rings. The molecule has 1 aliphatic carbocycles. The van der Waals surface area contributed by atoms with Gasteiger partial charge >= 0.3 is 17.7 Å². The minimum absolute atomic E-state index is 0.0173. The normalized spacial score (nSPS) is 17.8. The van der Waals surface area contributed by atoms with Crippen LogP contribution in [-0.4, -0.2) is 46.2 Å². The summed E-state index contributed by atoms with van der Waals surface area (Å²) >= 11 is 5.94. The van der Waals surface area contributed by atoms with E-state index in [1.807, 2.05) is 0 Å². The maximum atomic E-state index is 12.9. The molecule has 0 aliphatic heterocycles. The largest absolute Gasteiger partial charge is 0.480 e. The summed E-state index contributed by atoms with van der Waals surface area (Å²) < 4.78 is 10.9. The summed E-state index contributed by atoms with van der Waals surface area (Å²) in [7, 11) is 0. The van der Waals surface area contributed by atoms with Gasteiger partial charge in [-0.15, -0.1) is 0 Å².